The molecule has 1 saturated heterocycles. The van der Waals surface area contributed by atoms with Gasteiger partial charge in [-0.3, -0.25) is 9.69 Å². The number of nitrogens with one attached hydrogen (secondary N) is 1. The highest BCUT2D eigenvalue weighted by Gasteiger charge is 2.25. The van der Waals surface area contributed by atoms with Crippen molar-refractivity contribution in [3.63, 3.8) is 0 Å². The number of hydrogen-bond acceptors (Lipinski definition) is 3. The molecule has 1 aromatic carbocycles. The Bertz CT molecular complexity index is 498. The number of carbonyl (C=O) groups excluding carboxylic acids is 1. The van der Waals surface area contributed by atoms with Crippen molar-refractivity contribution in [2.24, 2.45) is 5.92 Å². The van der Waals surface area contributed by atoms with E-state index in [4.69, 9.17) is 11.6 Å². The Balaban J connectivity index is 1.93. The molecule has 1 fully saturated rings. The van der Waals surface area contributed by atoms with Gasteiger partial charge in [0.1, 0.15) is 0 Å². The molecule has 1 N–H and O–H groups in total. The van der Waals surface area contributed by atoms with Gasteiger partial charge in [-0.1, -0.05) is 31.5 Å². The van der Waals surface area contributed by atoms with Crippen molar-refractivity contribution >= 4 is 17.5 Å². The molecule has 1 amide bonds. The third kappa shape index (κ3) is 4.70. The topological polar surface area (TPSA) is 35.6 Å². The van der Waals surface area contributed by atoms with E-state index < -0.39 is 0 Å². The van der Waals surface area contributed by atoms with Crippen LogP contribution in [0.25, 0.3) is 0 Å². The number of nitrogens with zero attached hydrogens (tertiary/aromatic N) is 2. The van der Waals surface area contributed by atoms with E-state index in [1.165, 1.54) is 0 Å². The number of likely N-dealkylation sites (N-methyl/N-ethyl adjacent to an activating group) is 1. The molecule has 1 heterocycles. The quantitative estimate of drug-likeness (QED) is 0.903. The van der Waals surface area contributed by atoms with Crippen LogP contribution in [0.5, 0.6) is 0 Å². The molecule has 22 heavy (non-hydrogen) atoms. The molecular formula is C17H26ClN3O. The zero-order valence-corrected chi connectivity index (χ0v) is 14.4. The predicted octanol–water partition coefficient (Wildman–Crippen LogP) is 2.34. The smallest absolute Gasteiger partial charge is 0.251 e. The number of hydrogen-bond donors (Lipinski definition) is 1. The van der Waals surface area contributed by atoms with Crippen LogP contribution in [0.3, 0.4) is 0 Å². The molecule has 0 spiro atoms. The zero-order valence-electron chi connectivity index (χ0n) is 13.7. The van der Waals surface area contributed by atoms with Crippen LogP contribution in [-0.4, -0.2) is 61.5 Å². The third-order valence-corrected chi connectivity index (χ3v) is 4.57. The normalized spacial score (nSPS) is 18.4. The van der Waals surface area contributed by atoms with Crippen molar-refractivity contribution in [3.05, 3.63) is 34.9 Å². The van der Waals surface area contributed by atoms with E-state index in [0.717, 1.165) is 26.2 Å². The van der Waals surface area contributed by atoms with Crippen LogP contribution < -0.4 is 5.32 Å². The summed E-state index contributed by atoms with van der Waals surface area (Å²) in [4.78, 5) is 17.1. The van der Waals surface area contributed by atoms with E-state index in [2.05, 4.69) is 36.0 Å². The van der Waals surface area contributed by atoms with Gasteiger partial charge in [-0.25, -0.2) is 0 Å². The third-order valence-electron chi connectivity index (χ3n) is 4.33. The fourth-order valence-electron chi connectivity index (χ4n) is 2.87. The van der Waals surface area contributed by atoms with Crippen LogP contribution in [-0.2, 0) is 0 Å². The summed E-state index contributed by atoms with van der Waals surface area (Å²) in [5.74, 6) is 0.449. The minimum absolute atomic E-state index is 0.0534. The Hall–Kier alpha value is -1.10. The summed E-state index contributed by atoms with van der Waals surface area (Å²) < 4.78 is 0. The molecule has 0 aromatic heterocycles. The molecule has 1 aliphatic rings. The van der Waals surface area contributed by atoms with Gasteiger partial charge in [0.15, 0.2) is 0 Å². The monoisotopic (exact) mass is 323 g/mol. The second-order valence-electron chi connectivity index (χ2n) is 6.37. The summed E-state index contributed by atoms with van der Waals surface area (Å²) in [6.07, 6.45) is 0. The molecule has 0 saturated carbocycles. The standard InChI is InChI=1S/C17H26ClN3O/c1-13(2)16(21-9-7-20(3)8-10-21)12-19-17(22)14-5-4-6-15(18)11-14/h4-6,11,13,16H,7-10,12H2,1-3H3,(H,19,22). The summed E-state index contributed by atoms with van der Waals surface area (Å²) in [7, 11) is 2.16. The minimum atomic E-state index is -0.0534. The molecule has 1 aromatic rings. The summed E-state index contributed by atoms with van der Waals surface area (Å²) in [6, 6.07) is 7.45. The number of piperazine rings is 1. The van der Waals surface area contributed by atoms with Crippen LogP contribution in [0.15, 0.2) is 24.3 Å². The lowest BCUT2D eigenvalue weighted by Crippen LogP contribution is -2.54. The molecule has 5 heteroatoms. The van der Waals surface area contributed by atoms with Gasteiger partial charge < -0.3 is 10.2 Å². The molecule has 0 aliphatic carbocycles. The average Bonchev–Trinajstić information content (AvgIpc) is 2.48. The lowest BCUT2D eigenvalue weighted by molar-refractivity contribution is 0.0791. The lowest BCUT2D eigenvalue weighted by atomic mass is 10.0. The molecule has 4 nitrogen and oxygen atoms in total. The van der Waals surface area contributed by atoms with Crippen molar-refractivity contribution in [1.29, 1.82) is 0 Å². The largest absolute Gasteiger partial charge is 0.350 e. The number of amides is 1. The van der Waals surface area contributed by atoms with Gasteiger partial charge >= 0.3 is 0 Å². The lowest BCUT2D eigenvalue weighted by Gasteiger charge is -2.39. The number of carbonyl (C=O) groups is 1. The summed E-state index contributed by atoms with van der Waals surface area (Å²) >= 11 is 5.94. The number of benzene rings is 1. The van der Waals surface area contributed by atoms with Crippen LogP contribution in [0.2, 0.25) is 5.02 Å². The maximum absolute atomic E-state index is 12.3. The van der Waals surface area contributed by atoms with E-state index >= 15 is 0 Å². The van der Waals surface area contributed by atoms with Crippen LogP contribution >= 0.6 is 11.6 Å². The predicted molar refractivity (Wildman–Crippen MR) is 91.5 cm³/mol. The van der Waals surface area contributed by atoms with Gasteiger partial charge in [0.05, 0.1) is 0 Å². The summed E-state index contributed by atoms with van der Waals surface area (Å²) in [5.41, 5.74) is 0.619. The number of halogens is 1. The first-order valence-corrected chi connectivity index (χ1v) is 8.31. The van der Waals surface area contributed by atoms with Crippen LogP contribution in [0, 0.1) is 5.92 Å². The van der Waals surface area contributed by atoms with E-state index in [9.17, 15) is 4.79 Å². The van der Waals surface area contributed by atoms with Gasteiger partial charge in [0, 0.05) is 49.4 Å². The van der Waals surface area contributed by atoms with Crippen molar-refractivity contribution in [3.8, 4) is 0 Å². The van der Waals surface area contributed by atoms with Gasteiger partial charge in [-0.2, -0.15) is 0 Å². The molecule has 1 unspecified atom stereocenters. The first-order chi connectivity index (χ1) is 10.5. The Labute approximate surface area is 138 Å². The molecule has 122 valence electrons. The molecule has 2 rings (SSSR count). The van der Waals surface area contributed by atoms with Crippen LogP contribution in [0.1, 0.15) is 24.2 Å². The first-order valence-electron chi connectivity index (χ1n) is 7.93. The SMILES string of the molecule is CC(C)C(CNC(=O)c1cccc(Cl)c1)N1CCN(C)CC1. The fraction of sp³-hybridized carbons (Fsp3) is 0.588. The number of rotatable bonds is 5. The van der Waals surface area contributed by atoms with Crippen molar-refractivity contribution in [2.45, 2.75) is 19.9 Å². The summed E-state index contributed by atoms with van der Waals surface area (Å²) in [5, 5.41) is 3.65. The molecular weight excluding hydrogens is 298 g/mol. The summed E-state index contributed by atoms with van der Waals surface area (Å²) in [6.45, 7) is 9.41. The Morgan fingerprint density at radius 3 is 2.55 bits per heavy atom. The van der Waals surface area contributed by atoms with E-state index in [-0.39, 0.29) is 5.91 Å². The zero-order chi connectivity index (χ0) is 16.1. The average molecular weight is 324 g/mol. The molecule has 1 aliphatic heterocycles. The Kier molecular flexibility index (Phi) is 6.24. The fourth-order valence-corrected chi connectivity index (χ4v) is 3.06. The highest BCUT2D eigenvalue weighted by atomic mass is 35.5. The van der Waals surface area contributed by atoms with Crippen molar-refractivity contribution in [2.75, 3.05) is 39.8 Å². The molecule has 0 radical (unpaired) electrons. The highest BCUT2D eigenvalue weighted by molar-refractivity contribution is 6.30. The maximum Gasteiger partial charge on any atom is 0.251 e. The highest BCUT2D eigenvalue weighted by Crippen LogP contribution is 2.14. The van der Waals surface area contributed by atoms with Gasteiger partial charge in [0.25, 0.3) is 5.91 Å². The Morgan fingerprint density at radius 1 is 1.27 bits per heavy atom. The minimum Gasteiger partial charge on any atom is -0.350 e. The molecule has 0 bridgehead atoms. The van der Waals surface area contributed by atoms with Crippen LogP contribution in [0.4, 0.5) is 0 Å². The van der Waals surface area contributed by atoms with E-state index in [0.29, 0.717) is 29.1 Å². The van der Waals surface area contributed by atoms with Gasteiger partial charge in [-0.15, -0.1) is 0 Å². The Morgan fingerprint density at radius 2 is 1.95 bits per heavy atom. The maximum atomic E-state index is 12.3. The van der Waals surface area contributed by atoms with Crippen molar-refractivity contribution in [1.82, 2.24) is 15.1 Å². The van der Waals surface area contributed by atoms with E-state index in [1.54, 1.807) is 24.3 Å². The van der Waals surface area contributed by atoms with Crippen molar-refractivity contribution < 1.29 is 4.79 Å². The second-order valence-corrected chi connectivity index (χ2v) is 6.81. The second kappa shape index (κ2) is 7.95. The van der Waals surface area contributed by atoms with E-state index in [1.807, 2.05) is 0 Å². The van der Waals surface area contributed by atoms with Gasteiger partial charge in [-0.05, 0) is 31.2 Å². The van der Waals surface area contributed by atoms with Gasteiger partial charge in [0.2, 0.25) is 0 Å². The molecule has 1 atom stereocenters. The first kappa shape index (κ1) is 17.3.